The third kappa shape index (κ3) is 3.06. The number of benzene rings is 1. The van der Waals surface area contributed by atoms with E-state index in [0.29, 0.717) is 10.8 Å². The SMILES string of the molecule is COc1ccc(Nc2ncncc2Cl)c(N(C)C)c1. The van der Waals surface area contributed by atoms with Gasteiger partial charge in [-0.1, -0.05) is 11.6 Å². The Morgan fingerprint density at radius 2 is 2.11 bits per heavy atom. The van der Waals surface area contributed by atoms with Crippen LogP contribution in [0.3, 0.4) is 0 Å². The molecule has 1 N–H and O–H groups in total. The molecule has 0 bridgehead atoms. The third-order valence-electron chi connectivity index (χ3n) is 2.61. The van der Waals surface area contributed by atoms with Crippen LogP contribution in [0.5, 0.6) is 5.75 Å². The van der Waals surface area contributed by atoms with Gasteiger partial charge in [0.25, 0.3) is 0 Å². The Kier molecular flexibility index (Phi) is 4.06. The lowest BCUT2D eigenvalue weighted by Crippen LogP contribution is -2.11. The van der Waals surface area contributed by atoms with Crippen molar-refractivity contribution < 1.29 is 4.74 Å². The highest BCUT2D eigenvalue weighted by Crippen LogP contribution is 2.32. The highest BCUT2D eigenvalue weighted by atomic mass is 35.5. The van der Waals surface area contributed by atoms with Gasteiger partial charge in [0.1, 0.15) is 17.1 Å². The molecule has 2 aromatic rings. The van der Waals surface area contributed by atoms with Crippen LogP contribution in [0.2, 0.25) is 5.02 Å². The first-order valence-electron chi connectivity index (χ1n) is 5.69. The van der Waals surface area contributed by atoms with E-state index in [1.54, 1.807) is 13.3 Å². The molecule has 0 saturated carbocycles. The van der Waals surface area contributed by atoms with Gasteiger partial charge in [0.15, 0.2) is 5.82 Å². The Labute approximate surface area is 117 Å². The summed E-state index contributed by atoms with van der Waals surface area (Å²) in [5.74, 6) is 1.37. The second-order valence-electron chi connectivity index (χ2n) is 4.12. The maximum atomic E-state index is 6.04. The monoisotopic (exact) mass is 278 g/mol. The average Bonchev–Trinajstić information content (AvgIpc) is 2.41. The smallest absolute Gasteiger partial charge is 0.152 e. The second kappa shape index (κ2) is 5.75. The van der Waals surface area contributed by atoms with Crippen LogP contribution >= 0.6 is 11.6 Å². The zero-order chi connectivity index (χ0) is 13.8. The lowest BCUT2D eigenvalue weighted by Gasteiger charge is -2.19. The topological polar surface area (TPSA) is 50.3 Å². The molecular weight excluding hydrogens is 264 g/mol. The highest BCUT2D eigenvalue weighted by Gasteiger charge is 2.09. The van der Waals surface area contributed by atoms with Crippen LogP contribution in [0, 0.1) is 0 Å². The fourth-order valence-corrected chi connectivity index (χ4v) is 1.80. The lowest BCUT2D eigenvalue weighted by molar-refractivity contribution is 0.415. The standard InChI is InChI=1S/C13H15ClN4O/c1-18(2)12-6-9(19-3)4-5-11(12)17-13-10(14)7-15-8-16-13/h4-8H,1-3H3,(H,15,16,17). The van der Waals surface area contributed by atoms with E-state index in [0.717, 1.165) is 17.1 Å². The summed E-state index contributed by atoms with van der Waals surface area (Å²) in [4.78, 5) is 9.96. The molecule has 0 saturated heterocycles. The number of hydrogen-bond acceptors (Lipinski definition) is 5. The summed E-state index contributed by atoms with van der Waals surface area (Å²) in [6.07, 6.45) is 3.00. The number of methoxy groups -OCH3 is 1. The molecule has 2 rings (SSSR count). The second-order valence-corrected chi connectivity index (χ2v) is 4.53. The van der Waals surface area contributed by atoms with E-state index in [1.165, 1.54) is 6.33 Å². The molecule has 100 valence electrons. The Morgan fingerprint density at radius 3 is 2.74 bits per heavy atom. The van der Waals surface area contributed by atoms with Gasteiger partial charge < -0.3 is 15.0 Å². The normalized spacial score (nSPS) is 10.1. The molecule has 1 heterocycles. The van der Waals surface area contributed by atoms with Gasteiger partial charge in [-0.2, -0.15) is 0 Å². The van der Waals surface area contributed by atoms with Crippen molar-refractivity contribution >= 4 is 28.8 Å². The van der Waals surface area contributed by atoms with Gasteiger partial charge in [-0.05, 0) is 12.1 Å². The summed E-state index contributed by atoms with van der Waals surface area (Å²) in [6.45, 7) is 0. The predicted molar refractivity (Wildman–Crippen MR) is 77.6 cm³/mol. The maximum absolute atomic E-state index is 6.04. The van der Waals surface area contributed by atoms with Crippen molar-refractivity contribution in [2.45, 2.75) is 0 Å². The van der Waals surface area contributed by atoms with Gasteiger partial charge in [0.05, 0.1) is 24.7 Å². The summed E-state index contributed by atoms with van der Waals surface area (Å²) in [5.41, 5.74) is 1.88. The van der Waals surface area contributed by atoms with Crippen molar-refractivity contribution in [1.82, 2.24) is 9.97 Å². The van der Waals surface area contributed by atoms with Crippen molar-refractivity contribution in [3.05, 3.63) is 35.7 Å². The summed E-state index contributed by atoms with van der Waals surface area (Å²) < 4.78 is 5.23. The number of nitrogens with zero attached hydrogens (tertiary/aromatic N) is 3. The molecule has 1 aromatic heterocycles. The van der Waals surface area contributed by atoms with Crippen LogP contribution in [0.25, 0.3) is 0 Å². The van der Waals surface area contributed by atoms with Gasteiger partial charge in [0.2, 0.25) is 0 Å². The van der Waals surface area contributed by atoms with Crippen LogP contribution in [0.15, 0.2) is 30.7 Å². The summed E-state index contributed by atoms with van der Waals surface area (Å²) >= 11 is 6.04. The van der Waals surface area contributed by atoms with Crippen LogP contribution in [-0.4, -0.2) is 31.2 Å². The molecule has 0 spiro atoms. The number of nitrogens with one attached hydrogen (secondary N) is 1. The number of rotatable bonds is 4. The fourth-order valence-electron chi connectivity index (χ4n) is 1.65. The molecule has 0 unspecified atom stereocenters. The van der Waals surface area contributed by atoms with Gasteiger partial charge in [0, 0.05) is 20.2 Å². The van der Waals surface area contributed by atoms with Crippen molar-refractivity contribution in [2.24, 2.45) is 0 Å². The van der Waals surface area contributed by atoms with Crippen LogP contribution in [0.1, 0.15) is 0 Å². The minimum absolute atomic E-state index is 0.475. The molecule has 6 heteroatoms. The molecule has 0 fully saturated rings. The number of anilines is 3. The molecule has 0 aliphatic carbocycles. The van der Waals surface area contributed by atoms with Crippen molar-refractivity contribution in [1.29, 1.82) is 0 Å². The fraction of sp³-hybridized carbons (Fsp3) is 0.231. The Balaban J connectivity index is 2.37. The molecule has 5 nitrogen and oxygen atoms in total. The minimum atomic E-state index is 0.475. The van der Waals surface area contributed by atoms with E-state index < -0.39 is 0 Å². The Hall–Kier alpha value is -2.01. The molecule has 0 amide bonds. The predicted octanol–water partition coefficient (Wildman–Crippen LogP) is 2.95. The lowest BCUT2D eigenvalue weighted by atomic mass is 10.2. The van der Waals surface area contributed by atoms with Gasteiger partial charge in [-0.25, -0.2) is 9.97 Å². The quantitative estimate of drug-likeness (QED) is 0.932. The van der Waals surface area contributed by atoms with E-state index in [4.69, 9.17) is 16.3 Å². The average molecular weight is 279 g/mol. The maximum Gasteiger partial charge on any atom is 0.152 e. The minimum Gasteiger partial charge on any atom is -0.497 e. The number of hydrogen-bond donors (Lipinski definition) is 1. The highest BCUT2D eigenvalue weighted by molar-refractivity contribution is 6.32. The summed E-state index contributed by atoms with van der Waals surface area (Å²) in [6, 6.07) is 5.74. The van der Waals surface area contributed by atoms with Crippen LogP contribution < -0.4 is 15.0 Å². The van der Waals surface area contributed by atoms with E-state index in [9.17, 15) is 0 Å². The zero-order valence-corrected chi connectivity index (χ0v) is 11.8. The number of aromatic nitrogens is 2. The molecule has 19 heavy (non-hydrogen) atoms. The van der Waals surface area contributed by atoms with Gasteiger partial charge >= 0.3 is 0 Å². The van der Waals surface area contributed by atoms with E-state index in [1.807, 2.05) is 37.2 Å². The van der Waals surface area contributed by atoms with Crippen molar-refractivity contribution in [3.8, 4) is 5.75 Å². The molecule has 0 radical (unpaired) electrons. The molecule has 0 atom stereocenters. The molecule has 0 aliphatic heterocycles. The Bertz CT molecular complexity index is 574. The first-order chi connectivity index (χ1) is 9.11. The first kappa shape index (κ1) is 13.4. The molecule has 1 aromatic carbocycles. The van der Waals surface area contributed by atoms with E-state index in [-0.39, 0.29) is 0 Å². The number of ether oxygens (including phenoxy) is 1. The van der Waals surface area contributed by atoms with Gasteiger partial charge in [-0.3, -0.25) is 0 Å². The third-order valence-corrected chi connectivity index (χ3v) is 2.88. The Morgan fingerprint density at radius 1 is 1.32 bits per heavy atom. The van der Waals surface area contributed by atoms with Crippen LogP contribution in [0.4, 0.5) is 17.2 Å². The van der Waals surface area contributed by atoms with E-state index in [2.05, 4.69) is 15.3 Å². The largest absolute Gasteiger partial charge is 0.497 e. The van der Waals surface area contributed by atoms with Crippen molar-refractivity contribution in [3.63, 3.8) is 0 Å². The van der Waals surface area contributed by atoms with Crippen molar-refractivity contribution in [2.75, 3.05) is 31.4 Å². The van der Waals surface area contributed by atoms with Gasteiger partial charge in [-0.15, -0.1) is 0 Å². The van der Waals surface area contributed by atoms with Crippen LogP contribution in [-0.2, 0) is 0 Å². The summed E-state index contributed by atoms with van der Waals surface area (Å²) in [5, 5.41) is 3.67. The molecule has 0 aliphatic rings. The van der Waals surface area contributed by atoms with E-state index >= 15 is 0 Å². The first-order valence-corrected chi connectivity index (χ1v) is 6.07. The molecular formula is C13H15ClN4O. The zero-order valence-electron chi connectivity index (χ0n) is 11.0. The summed E-state index contributed by atoms with van der Waals surface area (Å²) in [7, 11) is 5.56. The number of halogens is 1.